The highest BCUT2D eigenvalue weighted by Gasteiger charge is 1.97. The maximum Gasteiger partial charge on any atom is 0.328 e. The molecule has 0 aliphatic carbocycles. The second-order valence-electron chi connectivity index (χ2n) is 2.98. The number of hydrogen-bond donors (Lipinski definition) is 2. The molecule has 0 heterocycles. The molecule has 0 spiro atoms. The van der Waals surface area contributed by atoms with E-state index in [1.54, 1.807) is 6.08 Å². The van der Waals surface area contributed by atoms with Gasteiger partial charge < -0.3 is 10.2 Å². The van der Waals surface area contributed by atoms with Crippen molar-refractivity contribution in [2.24, 2.45) is 0 Å². The van der Waals surface area contributed by atoms with Crippen molar-refractivity contribution in [1.82, 2.24) is 0 Å². The summed E-state index contributed by atoms with van der Waals surface area (Å²) in [5.41, 5.74) is 3.18. The summed E-state index contributed by atoms with van der Waals surface area (Å²) in [6.07, 6.45) is 2.79. The fourth-order valence-corrected chi connectivity index (χ4v) is 1.24. The van der Waals surface area contributed by atoms with Gasteiger partial charge in [0.25, 0.3) is 0 Å². The van der Waals surface area contributed by atoms with Crippen molar-refractivity contribution < 1.29 is 15.0 Å². The molecule has 1 aromatic carbocycles. The second kappa shape index (κ2) is 6.79. The summed E-state index contributed by atoms with van der Waals surface area (Å²) < 4.78 is 0. The molecule has 0 fully saturated rings. The van der Waals surface area contributed by atoms with E-state index in [1.165, 1.54) is 0 Å². The lowest BCUT2D eigenvalue weighted by atomic mass is 10.0. The van der Waals surface area contributed by atoms with Crippen molar-refractivity contribution in [1.29, 1.82) is 0 Å². The topological polar surface area (TPSA) is 57.5 Å². The van der Waals surface area contributed by atoms with Crippen LogP contribution in [0.2, 0.25) is 0 Å². The van der Waals surface area contributed by atoms with Crippen molar-refractivity contribution in [2.75, 3.05) is 7.11 Å². The highest BCUT2D eigenvalue weighted by atomic mass is 16.4. The van der Waals surface area contributed by atoms with Gasteiger partial charge in [-0.15, -0.1) is 0 Å². The Morgan fingerprint density at radius 3 is 2.07 bits per heavy atom. The highest BCUT2D eigenvalue weighted by molar-refractivity contribution is 5.85. The van der Waals surface area contributed by atoms with Crippen LogP contribution in [0.5, 0.6) is 0 Å². The number of aliphatic carboxylic acids is 1. The number of carboxylic acid groups (broad SMARTS) is 1. The molecule has 0 aliphatic rings. The average Bonchev–Trinajstić information content (AvgIpc) is 2.20. The van der Waals surface area contributed by atoms with Gasteiger partial charge in [0.15, 0.2) is 0 Å². The lowest BCUT2D eigenvalue weighted by molar-refractivity contribution is -0.131. The van der Waals surface area contributed by atoms with Gasteiger partial charge >= 0.3 is 5.97 Å². The van der Waals surface area contributed by atoms with Crippen molar-refractivity contribution >= 4 is 12.0 Å². The van der Waals surface area contributed by atoms with Gasteiger partial charge in [-0.25, -0.2) is 4.79 Å². The fourth-order valence-electron chi connectivity index (χ4n) is 1.24. The largest absolute Gasteiger partial charge is 0.478 e. The van der Waals surface area contributed by atoms with Crippen molar-refractivity contribution in [3.8, 4) is 0 Å². The van der Waals surface area contributed by atoms with Crippen molar-refractivity contribution in [2.45, 2.75) is 13.8 Å². The number of aliphatic hydroxyl groups excluding tert-OH is 1. The van der Waals surface area contributed by atoms with Crippen LogP contribution in [0.1, 0.15) is 16.7 Å². The first-order valence-electron chi connectivity index (χ1n) is 4.53. The van der Waals surface area contributed by atoms with Crippen LogP contribution in [0.4, 0.5) is 0 Å². The zero-order valence-electron chi connectivity index (χ0n) is 9.19. The predicted molar refractivity (Wildman–Crippen MR) is 60.7 cm³/mol. The Hall–Kier alpha value is -1.61. The molecule has 0 unspecified atom stereocenters. The summed E-state index contributed by atoms with van der Waals surface area (Å²) in [5.74, 6) is -0.914. The molecule has 15 heavy (non-hydrogen) atoms. The van der Waals surface area contributed by atoms with Crippen molar-refractivity contribution in [3.63, 3.8) is 0 Å². The van der Waals surface area contributed by atoms with Gasteiger partial charge in [0.2, 0.25) is 0 Å². The minimum atomic E-state index is -0.914. The molecular formula is C12H16O3. The molecule has 0 saturated heterocycles. The summed E-state index contributed by atoms with van der Waals surface area (Å²) >= 11 is 0. The molecule has 0 aliphatic heterocycles. The summed E-state index contributed by atoms with van der Waals surface area (Å²) in [5, 5.41) is 15.5. The zero-order valence-corrected chi connectivity index (χ0v) is 9.19. The maximum atomic E-state index is 10.3. The zero-order chi connectivity index (χ0) is 11.8. The molecule has 2 N–H and O–H groups in total. The first kappa shape index (κ1) is 13.4. The Morgan fingerprint density at radius 1 is 1.20 bits per heavy atom. The van der Waals surface area contributed by atoms with Crippen LogP contribution in [0, 0.1) is 13.8 Å². The van der Waals surface area contributed by atoms with Gasteiger partial charge in [0, 0.05) is 13.2 Å². The third-order valence-electron chi connectivity index (χ3n) is 1.93. The highest BCUT2D eigenvalue weighted by Crippen LogP contribution is 2.14. The van der Waals surface area contributed by atoms with Crippen LogP contribution in [0.15, 0.2) is 24.3 Å². The van der Waals surface area contributed by atoms with Crippen LogP contribution in [0.25, 0.3) is 6.08 Å². The standard InChI is InChI=1S/C11H12O2.CH4O/c1-8-4-3-5-9(2)10(8)6-7-11(12)13;1-2/h3-7H,1-2H3,(H,12,13);2H,1H3/b7-6+;. The van der Waals surface area contributed by atoms with E-state index < -0.39 is 5.97 Å². The number of rotatable bonds is 2. The van der Waals surface area contributed by atoms with E-state index in [2.05, 4.69) is 0 Å². The maximum absolute atomic E-state index is 10.3. The average molecular weight is 208 g/mol. The molecule has 0 aromatic heterocycles. The summed E-state index contributed by atoms with van der Waals surface area (Å²) in [6.45, 7) is 3.93. The Kier molecular flexibility index (Phi) is 6.06. The molecule has 0 saturated carbocycles. The molecule has 0 amide bonds. The molecule has 1 aromatic rings. The second-order valence-corrected chi connectivity index (χ2v) is 2.98. The summed E-state index contributed by atoms with van der Waals surface area (Å²) in [4.78, 5) is 10.3. The third-order valence-corrected chi connectivity index (χ3v) is 1.93. The fraction of sp³-hybridized carbons (Fsp3) is 0.250. The van der Waals surface area contributed by atoms with Gasteiger partial charge in [0.1, 0.15) is 0 Å². The Bertz CT molecular complexity index is 334. The monoisotopic (exact) mass is 208 g/mol. The van der Waals surface area contributed by atoms with E-state index in [4.69, 9.17) is 10.2 Å². The number of carbonyl (C=O) groups is 1. The third kappa shape index (κ3) is 4.42. The Morgan fingerprint density at radius 2 is 1.67 bits per heavy atom. The van der Waals surface area contributed by atoms with Crippen LogP contribution in [-0.4, -0.2) is 23.3 Å². The summed E-state index contributed by atoms with van der Waals surface area (Å²) in [6, 6.07) is 5.89. The predicted octanol–water partition coefficient (Wildman–Crippen LogP) is 2.01. The molecular weight excluding hydrogens is 192 g/mol. The van der Waals surface area contributed by atoms with E-state index in [0.717, 1.165) is 29.9 Å². The smallest absolute Gasteiger partial charge is 0.328 e. The van der Waals surface area contributed by atoms with Gasteiger partial charge in [-0.2, -0.15) is 0 Å². The SMILES string of the molecule is CO.Cc1cccc(C)c1/C=C/C(=O)O. The quantitative estimate of drug-likeness (QED) is 0.731. The molecule has 82 valence electrons. The van der Waals surface area contributed by atoms with Gasteiger partial charge in [-0.1, -0.05) is 18.2 Å². The number of aliphatic hydroxyl groups is 1. The molecule has 0 atom stereocenters. The number of aryl methyl sites for hydroxylation is 2. The van der Waals surface area contributed by atoms with Gasteiger partial charge in [0.05, 0.1) is 0 Å². The van der Waals surface area contributed by atoms with E-state index >= 15 is 0 Å². The summed E-state index contributed by atoms with van der Waals surface area (Å²) in [7, 11) is 1.00. The number of benzene rings is 1. The van der Waals surface area contributed by atoms with Crippen LogP contribution >= 0.6 is 0 Å². The molecule has 3 nitrogen and oxygen atoms in total. The molecule has 1 rings (SSSR count). The van der Waals surface area contributed by atoms with Gasteiger partial charge in [-0.3, -0.25) is 0 Å². The minimum absolute atomic E-state index is 0.914. The van der Waals surface area contributed by atoms with E-state index in [0.29, 0.717) is 0 Å². The molecule has 0 radical (unpaired) electrons. The van der Waals surface area contributed by atoms with Crippen molar-refractivity contribution in [3.05, 3.63) is 41.0 Å². The number of carboxylic acids is 1. The Labute approximate surface area is 89.7 Å². The first-order chi connectivity index (χ1) is 7.11. The van der Waals surface area contributed by atoms with Crippen LogP contribution in [-0.2, 0) is 4.79 Å². The lowest BCUT2D eigenvalue weighted by Crippen LogP contribution is -1.89. The van der Waals surface area contributed by atoms with E-state index in [-0.39, 0.29) is 0 Å². The van der Waals surface area contributed by atoms with Crippen LogP contribution < -0.4 is 0 Å². The van der Waals surface area contributed by atoms with E-state index in [9.17, 15) is 4.79 Å². The first-order valence-corrected chi connectivity index (χ1v) is 4.53. The minimum Gasteiger partial charge on any atom is -0.478 e. The Balaban J connectivity index is 0.000000921. The molecule has 0 bridgehead atoms. The molecule has 3 heteroatoms. The normalized spacial score (nSPS) is 9.60. The van der Waals surface area contributed by atoms with E-state index in [1.807, 2.05) is 32.0 Å². The van der Waals surface area contributed by atoms with Gasteiger partial charge in [-0.05, 0) is 36.6 Å². The number of hydrogen-bond acceptors (Lipinski definition) is 2. The van der Waals surface area contributed by atoms with Crippen LogP contribution in [0.3, 0.4) is 0 Å². The lowest BCUT2D eigenvalue weighted by Gasteiger charge is -2.03.